The van der Waals surface area contributed by atoms with Crippen LogP contribution in [0.3, 0.4) is 0 Å². The second kappa shape index (κ2) is 5.70. The van der Waals surface area contributed by atoms with E-state index in [1.165, 1.54) is 19.3 Å². The Kier molecular flexibility index (Phi) is 4.58. The Hall–Kier alpha value is -0.130. The Labute approximate surface area is 117 Å². The maximum Gasteiger partial charge on any atom is 0.214 e. The molecule has 1 saturated heterocycles. The molecule has 0 aromatic rings. The molecule has 1 aliphatic carbocycles. The Morgan fingerprint density at radius 2 is 1.79 bits per heavy atom. The summed E-state index contributed by atoms with van der Waals surface area (Å²) in [6.07, 6.45) is 6.58. The summed E-state index contributed by atoms with van der Waals surface area (Å²) in [4.78, 5) is 0. The zero-order valence-corrected chi connectivity index (χ0v) is 13.1. The zero-order chi connectivity index (χ0) is 14.1. The van der Waals surface area contributed by atoms with E-state index in [0.29, 0.717) is 24.8 Å². The molecule has 0 aromatic heterocycles. The van der Waals surface area contributed by atoms with Crippen molar-refractivity contribution in [1.29, 1.82) is 0 Å². The van der Waals surface area contributed by atoms with Crippen molar-refractivity contribution in [3.8, 4) is 0 Å². The first-order chi connectivity index (χ1) is 8.81. The van der Waals surface area contributed by atoms with Gasteiger partial charge in [0.05, 0.1) is 5.75 Å². The molecule has 112 valence electrons. The third kappa shape index (κ3) is 3.70. The van der Waals surface area contributed by atoms with Crippen molar-refractivity contribution in [2.45, 2.75) is 58.4 Å². The smallest absolute Gasteiger partial charge is 0.214 e. The van der Waals surface area contributed by atoms with Gasteiger partial charge >= 0.3 is 0 Å². The summed E-state index contributed by atoms with van der Waals surface area (Å²) in [6.45, 7) is 5.31. The van der Waals surface area contributed by atoms with Crippen LogP contribution in [0, 0.1) is 11.3 Å². The van der Waals surface area contributed by atoms with E-state index >= 15 is 0 Å². The summed E-state index contributed by atoms with van der Waals surface area (Å²) < 4.78 is 26.8. The topological polar surface area (TPSA) is 63.4 Å². The summed E-state index contributed by atoms with van der Waals surface area (Å²) in [5, 5.41) is 0. The van der Waals surface area contributed by atoms with E-state index in [-0.39, 0.29) is 11.5 Å². The summed E-state index contributed by atoms with van der Waals surface area (Å²) in [5.41, 5.74) is 5.97. The summed E-state index contributed by atoms with van der Waals surface area (Å²) in [7, 11) is -3.10. The second-order valence-electron chi connectivity index (χ2n) is 7.00. The molecule has 2 N–H and O–H groups in total. The fraction of sp³-hybridized carbons (Fsp3) is 1.00. The largest absolute Gasteiger partial charge is 0.327 e. The van der Waals surface area contributed by atoms with Gasteiger partial charge in [0.25, 0.3) is 0 Å². The van der Waals surface area contributed by atoms with Crippen molar-refractivity contribution >= 4 is 10.0 Å². The molecule has 0 bridgehead atoms. The van der Waals surface area contributed by atoms with Gasteiger partial charge in [0.15, 0.2) is 0 Å². The minimum atomic E-state index is -3.10. The van der Waals surface area contributed by atoms with Crippen molar-refractivity contribution in [3.63, 3.8) is 0 Å². The Morgan fingerprint density at radius 3 is 2.37 bits per heavy atom. The summed E-state index contributed by atoms with van der Waals surface area (Å²) in [5.74, 6) is 0.718. The van der Waals surface area contributed by atoms with E-state index < -0.39 is 10.0 Å². The summed E-state index contributed by atoms with van der Waals surface area (Å²) in [6, 6.07) is 0.105. The van der Waals surface area contributed by atoms with Gasteiger partial charge in [-0.25, -0.2) is 12.7 Å². The van der Waals surface area contributed by atoms with E-state index in [1.807, 2.05) is 0 Å². The minimum Gasteiger partial charge on any atom is -0.327 e. The average molecular weight is 288 g/mol. The van der Waals surface area contributed by atoms with Gasteiger partial charge in [-0.2, -0.15) is 0 Å². The van der Waals surface area contributed by atoms with Gasteiger partial charge < -0.3 is 5.73 Å². The van der Waals surface area contributed by atoms with Crippen LogP contribution >= 0.6 is 0 Å². The third-order valence-electron chi connectivity index (χ3n) is 4.84. The monoisotopic (exact) mass is 288 g/mol. The molecule has 1 atom stereocenters. The van der Waals surface area contributed by atoms with Crippen LogP contribution in [-0.2, 0) is 10.0 Å². The SMILES string of the molecule is CC1(C)CN(S(=O)(=O)CC2CCCCC2)CCC1N. The number of hydrogen-bond acceptors (Lipinski definition) is 3. The Bertz CT molecular complexity index is 400. The van der Waals surface area contributed by atoms with Crippen molar-refractivity contribution in [2.24, 2.45) is 17.1 Å². The molecule has 0 spiro atoms. The number of hydrogen-bond donors (Lipinski definition) is 1. The van der Waals surface area contributed by atoms with Crippen molar-refractivity contribution < 1.29 is 8.42 Å². The van der Waals surface area contributed by atoms with Crippen LogP contribution in [0.4, 0.5) is 0 Å². The lowest BCUT2D eigenvalue weighted by atomic mass is 9.81. The van der Waals surface area contributed by atoms with Gasteiger partial charge in [-0.15, -0.1) is 0 Å². The van der Waals surface area contributed by atoms with Crippen molar-refractivity contribution in [3.05, 3.63) is 0 Å². The maximum atomic E-state index is 12.5. The molecular weight excluding hydrogens is 260 g/mol. The first-order valence-electron chi connectivity index (χ1n) is 7.55. The first-order valence-corrected chi connectivity index (χ1v) is 9.15. The van der Waals surface area contributed by atoms with Gasteiger partial charge in [0, 0.05) is 19.1 Å². The van der Waals surface area contributed by atoms with Crippen LogP contribution in [0.25, 0.3) is 0 Å². The molecule has 1 heterocycles. The molecule has 5 heteroatoms. The number of nitrogens with zero attached hydrogens (tertiary/aromatic N) is 1. The normalized spacial score (nSPS) is 30.4. The molecule has 4 nitrogen and oxygen atoms in total. The quantitative estimate of drug-likeness (QED) is 0.863. The van der Waals surface area contributed by atoms with Crippen molar-refractivity contribution in [1.82, 2.24) is 4.31 Å². The highest BCUT2D eigenvalue weighted by atomic mass is 32.2. The molecule has 0 radical (unpaired) electrons. The van der Waals surface area contributed by atoms with Gasteiger partial charge in [-0.05, 0) is 30.6 Å². The highest BCUT2D eigenvalue weighted by Gasteiger charge is 2.38. The van der Waals surface area contributed by atoms with Crippen LogP contribution in [-0.4, -0.2) is 37.6 Å². The van der Waals surface area contributed by atoms with Gasteiger partial charge in [0.1, 0.15) is 0 Å². The molecule has 2 fully saturated rings. The van der Waals surface area contributed by atoms with Crippen LogP contribution in [0.15, 0.2) is 0 Å². The average Bonchev–Trinajstić information content (AvgIpc) is 2.33. The number of sulfonamides is 1. The predicted molar refractivity (Wildman–Crippen MR) is 78.3 cm³/mol. The number of nitrogens with two attached hydrogens (primary N) is 1. The van der Waals surface area contributed by atoms with Crippen molar-refractivity contribution in [2.75, 3.05) is 18.8 Å². The Balaban J connectivity index is 1.99. The zero-order valence-electron chi connectivity index (χ0n) is 12.3. The van der Waals surface area contributed by atoms with E-state index in [0.717, 1.165) is 19.3 Å². The van der Waals surface area contributed by atoms with E-state index in [4.69, 9.17) is 5.73 Å². The lowest BCUT2D eigenvalue weighted by Crippen LogP contribution is -2.54. The van der Waals surface area contributed by atoms with Crippen LogP contribution in [0.5, 0.6) is 0 Å². The van der Waals surface area contributed by atoms with Crippen LogP contribution < -0.4 is 5.73 Å². The summed E-state index contributed by atoms with van der Waals surface area (Å²) >= 11 is 0. The predicted octanol–water partition coefficient (Wildman–Crippen LogP) is 1.96. The standard InChI is InChI=1S/C14H28N2O2S/c1-14(2)11-16(9-8-13(14)15)19(17,18)10-12-6-4-3-5-7-12/h12-13H,3-11,15H2,1-2H3. The molecular formula is C14H28N2O2S. The highest BCUT2D eigenvalue weighted by molar-refractivity contribution is 7.89. The van der Waals surface area contributed by atoms with Gasteiger partial charge in [0.2, 0.25) is 10.0 Å². The number of rotatable bonds is 3. The fourth-order valence-electron chi connectivity index (χ4n) is 3.32. The molecule has 1 saturated carbocycles. The maximum absolute atomic E-state index is 12.5. The Morgan fingerprint density at radius 1 is 1.16 bits per heavy atom. The first kappa shape index (κ1) is 15.3. The van der Waals surface area contributed by atoms with Gasteiger partial charge in [-0.1, -0.05) is 33.1 Å². The van der Waals surface area contributed by atoms with Crippen LogP contribution in [0.2, 0.25) is 0 Å². The molecule has 0 aromatic carbocycles. The molecule has 19 heavy (non-hydrogen) atoms. The highest BCUT2D eigenvalue weighted by Crippen LogP contribution is 2.31. The van der Waals surface area contributed by atoms with E-state index in [2.05, 4.69) is 13.8 Å². The molecule has 2 rings (SSSR count). The molecule has 0 amide bonds. The molecule has 1 unspecified atom stereocenters. The second-order valence-corrected chi connectivity index (χ2v) is 9.01. The van der Waals surface area contributed by atoms with Crippen LogP contribution in [0.1, 0.15) is 52.4 Å². The fourth-order valence-corrected chi connectivity index (χ4v) is 5.37. The third-order valence-corrected chi connectivity index (χ3v) is 6.83. The lowest BCUT2D eigenvalue weighted by molar-refractivity contribution is 0.155. The minimum absolute atomic E-state index is 0.105. The molecule has 1 aliphatic heterocycles. The lowest BCUT2D eigenvalue weighted by Gasteiger charge is -2.42. The molecule has 2 aliphatic rings. The number of piperidine rings is 1. The van der Waals surface area contributed by atoms with E-state index in [9.17, 15) is 8.42 Å². The van der Waals surface area contributed by atoms with E-state index in [1.54, 1.807) is 4.31 Å². The van der Waals surface area contributed by atoms with Gasteiger partial charge in [-0.3, -0.25) is 0 Å².